The molecule has 0 aliphatic heterocycles. The van der Waals surface area contributed by atoms with Crippen LogP contribution in [0.2, 0.25) is 0 Å². The van der Waals surface area contributed by atoms with Gasteiger partial charge < -0.3 is 0 Å². The first-order chi connectivity index (χ1) is 5.37. The molecule has 0 fully saturated rings. The number of nitrogens with zero attached hydrogens (tertiary/aromatic N) is 2. The molecule has 12 heavy (non-hydrogen) atoms. The van der Waals surface area contributed by atoms with E-state index in [0.717, 1.165) is 0 Å². The molecule has 0 aliphatic rings. The maximum absolute atomic E-state index is 11.9. The van der Waals surface area contributed by atoms with Crippen LogP contribution in [0.25, 0.3) is 0 Å². The van der Waals surface area contributed by atoms with Crippen LogP contribution in [0, 0.1) is 0 Å². The summed E-state index contributed by atoms with van der Waals surface area (Å²) >= 11 is 0. The highest BCUT2D eigenvalue weighted by molar-refractivity contribution is 5.36. The molecular weight excluding hydrogens is 184 g/mol. The van der Waals surface area contributed by atoms with Crippen molar-refractivity contribution in [1.82, 2.24) is 0 Å². The number of hydrogen-bond acceptors (Lipinski definition) is 4. The highest BCUT2D eigenvalue weighted by Crippen LogP contribution is 2.35. The van der Waals surface area contributed by atoms with Crippen molar-refractivity contribution in [2.24, 2.45) is 9.98 Å². The second-order valence-electron chi connectivity index (χ2n) is 1.49. The monoisotopic (exact) mass is 184 g/mol. The van der Waals surface area contributed by atoms with E-state index in [1.807, 2.05) is 0 Å². The second-order valence-corrected chi connectivity index (χ2v) is 1.49. The zero-order valence-corrected chi connectivity index (χ0v) is 5.22. The van der Waals surface area contributed by atoms with Crippen LogP contribution in [-0.4, -0.2) is 24.3 Å². The van der Waals surface area contributed by atoms with Crippen LogP contribution in [0.4, 0.5) is 17.6 Å². The summed E-state index contributed by atoms with van der Waals surface area (Å²) in [5.74, 6) is 0. The molecule has 0 atom stereocenters. The molecule has 0 aromatic carbocycles. The quantitative estimate of drug-likeness (QED) is 0.282. The summed E-state index contributed by atoms with van der Waals surface area (Å²) in [6.45, 7) is 0. The van der Waals surface area contributed by atoms with Crippen LogP contribution >= 0.6 is 0 Å². The summed E-state index contributed by atoms with van der Waals surface area (Å²) in [6.07, 6.45) is 0.455. The van der Waals surface area contributed by atoms with Crippen molar-refractivity contribution < 1.29 is 27.2 Å². The molecule has 8 heteroatoms. The Balaban J connectivity index is 4.98. The Hall–Kier alpha value is -1.52. The van der Waals surface area contributed by atoms with Crippen LogP contribution in [0.15, 0.2) is 9.98 Å². The smallest absolute Gasteiger partial charge is 0.211 e. The standard InChI is InChI=1S/C4F4N2O2/c5-3(6,9-1-11)4(7,8)10-2-12. The summed E-state index contributed by atoms with van der Waals surface area (Å²) in [4.78, 5) is 21.4. The third-order valence-electron chi connectivity index (χ3n) is 0.734. The summed E-state index contributed by atoms with van der Waals surface area (Å²) in [5, 5.41) is 0. The third-order valence-corrected chi connectivity index (χ3v) is 0.734. The molecule has 0 saturated heterocycles. The Kier molecular flexibility index (Phi) is 2.84. The molecule has 0 bridgehead atoms. The van der Waals surface area contributed by atoms with Crippen LogP contribution < -0.4 is 0 Å². The Labute approximate surface area is 62.6 Å². The Bertz CT molecular complexity index is 236. The van der Waals surface area contributed by atoms with E-state index in [1.165, 1.54) is 9.98 Å². The number of aliphatic imine (C=N–C) groups is 2. The molecule has 0 aromatic rings. The third kappa shape index (κ3) is 1.98. The summed E-state index contributed by atoms with van der Waals surface area (Å²) in [7, 11) is 0. The molecule has 0 rings (SSSR count). The van der Waals surface area contributed by atoms with Gasteiger partial charge in [-0.25, -0.2) is 9.59 Å². The zero-order chi connectivity index (χ0) is 9.83. The van der Waals surface area contributed by atoms with Gasteiger partial charge in [-0.3, -0.25) is 0 Å². The minimum Gasteiger partial charge on any atom is -0.211 e. The molecule has 0 aliphatic carbocycles. The fourth-order valence-electron chi connectivity index (χ4n) is 0.249. The second kappa shape index (κ2) is 3.25. The van der Waals surface area contributed by atoms with Gasteiger partial charge in [0.2, 0.25) is 12.2 Å². The fourth-order valence-corrected chi connectivity index (χ4v) is 0.249. The van der Waals surface area contributed by atoms with E-state index in [1.54, 1.807) is 0 Å². The van der Waals surface area contributed by atoms with Gasteiger partial charge in [0.1, 0.15) is 0 Å². The molecule has 66 valence electrons. The number of carbonyl (C=O) groups excluding carboxylic acids is 2. The van der Waals surface area contributed by atoms with Gasteiger partial charge in [0, 0.05) is 0 Å². The van der Waals surface area contributed by atoms with Crippen molar-refractivity contribution in [3.05, 3.63) is 0 Å². The van der Waals surface area contributed by atoms with Gasteiger partial charge in [-0.05, 0) is 0 Å². The number of halogens is 4. The van der Waals surface area contributed by atoms with Crippen molar-refractivity contribution in [2.75, 3.05) is 0 Å². The van der Waals surface area contributed by atoms with Crippen molar-refractivity contribution in [2.45, 2.75) is 12.1 Å². The number of rotatable bonds is 3. The van der Waals surface area contributed by atoms with Gasteiger partial charge in [0.15, 0.2) is 0 Å². The SMILES string of the molecule is O=C=NC(F)(F)C(F)(F)N=C=O. The molecule has 0 heterocycles. The van der Waals surface area contributed by atoms with Crippen LogP contribution in [0.3, 0.4) is 0 Å². The van der Waals surface area contributed by atoms with Crippen molar-refractivity contribution in [3.8, 4) is 0 Å². The summed E-state index contributed by atoms with van der Waals surface area (Å²) in [5.41, 5.74) is 0. The Morgan fingerprint density at radius 2 is 1.08 bits per heavy atom. The first-order valence-corrected chi connectivity index (χ1v) is 2.31. The number of hydrogen-bond donors (Lipinski definition) is 0. The lowest BCUT2D eigenvalue weighted by Gasteiger charge is -2.14. The topological polar surface area (TPSA) is 58.9 Å². The van der Waals surface area contributed by atoms with E-state index < -0.39 is 12.1 Å². The van der Waals surface area contributed by atoms with E-state index in [4.69, 9.17) is 0 Å². The molecule has 0 amide bonds. The van der Waals surface area contributed by atoms with Crippen LogP contribution in [0.5, 0.6) is 0 Å². The lowest BCUT2D eigenvalue weighted by molar-refractivity contribution is -0.197. The molecule has 0 aromatic heterocycles. The highest BCUT2D eigenvalue weighted by Gasteiger charge is 2.58. The zero-order valence-electron chi connectivity index (χ0n) is 5.22. The van der Waals surface area contributed by atoms with E-state index in [0.29, 0.717) is 0 Å². The predicted molar refractivity (Wildman–Crippen MR) is 26.1 cm³/mol. The predicted octanol–water partition coefficient (Wildman–Crippen LogP) is 0.844. The van der Waals surface area contributed by atoms with Crippen LogP contribution in [-0.2, 0) is 9.59 Å². The maximum atomic E-state index is 11.9. The van der Waals surface area contributed by atoms with Gasteiger partial charge >= 0.3 is 12.1 Å². The first-order valence-electron chi connectivity index (χ1n) is 2.31. The van der Waals surface area contributed by atoms with Crippen molar-refractivity contribution in [1.29, 1.82) is 0 Å². The van der Waals surface area contributed by atoms with E-state index in [2.05, 4.69) is 0 Å². The molecule has 0 unspecified atom stereocenters. The minimum atomic E-state index is -5.06. The van der Waals surface area contributed by atoms with Crippen LogP contribution in [0.1, 0.15) is 0 Å². The molecule has 0 N–H and O–H groups in total. The minimum absolute atomic E-state index is 0.228. The fraction of sp³-hybridized carbons (Fsp3) is 0.500. The van der Waals surface area contributed by atoms with Crippen molar-refractivity contribution >= 4 is 12.2 Å². The van der Waals surface area contributed by atoms with E-state index in [-0.39, 0.29) is 12.2 Å². The lowest BCUT2D eigenvalue weighted by Crippen LogP contribution is -2.36. The average Bonchev–Trinajstić information content (AvgIpc) is 1.86. The Morgan fingerprint density at radius 3 is 1.25 bits per heavy atom. The molecule has 0 saturated carbocycles. The molecule has 0 spiro atoms. The van der Waals surface area contributed by atoms with E-state index >= 15 is 0 Å². The molecule has 0 radical (unpaired) electrons. The molecular formula is C4F4N2O2. The van der Waals surface area contributed by atoms with Gasteiger partial charge in [0.05, 0.1) is 0 Å². The lowest BCUT2D eigenvalue weighted by atomic mass is 10.5. The number of alkyl halides is 4. The number of isocyanates is 2. The van der Waals surface area contributed by atoms with Gasteiger partial charge in [-0.2, -0.15) is 17.6 Å². The first kappa shape index (κ1) is 10.5. The van der Waals surface area contributed by atoms with Gasteiger partial charge in [0.25, 0.3) is 0 Å². The normalized spacial score (nSPS) is 11.3. The summed E-state index contributed by atoms with van der Waals surface area (Å²) < 4.78 is 47.7. The van der Waals surface area contributed by atoms with Gasteiger partial charge in [-0.15, -0.1) is 9.98 Å². The van der Waals surface area contributed by atoms with E-state index in [9.17, 15) is 27.2 Å². The molecule has 4 nitrogen and oxygen atoms in total. The largest absolute Gasteiger partial charge is 0.438 e. The van der Waals surface area contributed by atoms with Crippen molar-refractivity contribution in [3.63, 3.8) is 0 Å². The average molecular weight is 184 g/mol. The summed E-state index contributed by atoms with van der Waals surface area (Å²) in [6, 6.07) is -10.1. The maximum Gasteiger partial charge on any atom is 0.438 e. The van der Waals surface area contributed by atoms with Gasteiger partial charge in [-0.1, -0.05) is 0 Å². The Morgan fingerprint density at radius 1 is 0.833 bits per heavy atom. The highest BCUT2D eigenvalue weighted by atomic mass is 19.3.